The van der Waals surface area contributed by atoms with Gasteiger partial charge in [0.15, 0.2) is 5.76 Å². The fraction of sp³-hybridized carbons (Fsp3) is 0.852. The van der Waals surface area contributed by atoms with E-state index >= 15 is 0 Å². The summed E-state index contributed by atoms with van der Waals surface area (Å²) in [5.74, 6) is 2.91. The van der Waals surface area contributed by atoms with Crippen LogP contribution in [0.25, 0.3) is 0 Å². The van der Waals surface area contributed by atoms with Crippen molar-refractivity contribution >= 4 is 28.6 Å². The molecule has 0 saturated heterocycles. The number of hydrogen-bond donors (Lipinski definition) is 0. The van der Waals surface area contributed by atoms with Crippen LogP contribution in [0.5, 0.6) is 0 Å². The molecule has 0 amide bonds. The minimum absolute atomic E-state index is 0.00342. The standard InChI is InChI=1S/C27H46INO4/c1-7-8-15-31-16-9-10-22(18-23(30)32-27(4,5)6)25-24(28)26(33-29-25)21-13-11-20(12-14-21)17-19(2)3/h19-22H,7-18H2,1-6H3. The first-order valence-electron chi connectivity index (χ1n) is 13.0. The van der Waals surface area contributed by atoms with Crippen molar-refractivity contribution in [3.63, 3.8) is 0 Å². The fourth-order valence-electron chi connectivity index (χ4n) is 4.84. The van der Waals surface area contributed by atoms with Crippen LogP contribution in [-0.4, -0.2) is 29.9 Å². The normalized spacial score (nSPS) is 20.2. The Morgan fingerprint density at radius 2 is 1.82 bits per heavy atom. The van der Waals surface area contributed by atoms with Gasteiger partial charge in [-0.1, -0.05) is 32.3 Å². The van der Waals surface area contributed by atoms with Crippen molar-refractivity contribution in [2.75, 3.05) is 13.2 Å². The third kappa shape index (κ3) is 10.3. The highest BCUT2D eigenvalue weighted by molar-refractivity contribution is 14.1. The number of rotatable bonds is 13. The van der Waals surface area contributed by atoms with Crippen LogP contribution in [-0.2, 0) is 14.3 Å². The SMILES string of the molecule is CCCCOCCCC(CC(=O)OC(C)(C)C)c1noc(C2CCC(CC(C)C)CC2)c1I. The number of carbonyl (C=O) groups is 1. The highest BCUT2D eigenvalue weighted by Crippen LogP contribution is 2.42. The van der Waals surface area contributed by atoms with Gasteiger partial charge in [-0.3, -0.25) is 4.79 Å². The Hall–Kier alpha value is -0.630. The highest BCUT2D eigenvalue weighted by Gasteiger charge is 2.31. The average Bonchev–Trinajstić information content (AvgIpc) is 3.09. The number of esters is 1. The van der Waals surface area contributed by atoms with Gasteiger partial charge in [0, 0.05) is 25.0 Å². The van der Waals surface area contributed by atoms with Crippen molar-refractivity contribution in [2.24, 2.45) is 11.8 Å². The molecule has 0 aliphatic heterocycles. The van der Waals surface area contributed by atoms with Gasteiger partial charge in [0.25, 0.3) is 0 Å². The van der Waals surface area contributed by atoms with Crippen molar-refractivity contribution in [1.82, 2.24) is 5.16 Å². The van der Waals surface area contributed by atoms with E-state index in [1.165, 1.54) is 32.1 Å². The quantitative estimate of drug-likeness (QED) is 0.135. The molecule has 1 unspecified atom stereocenters. The lowest BCUT2D eigenvalue weighted by Gasteiger charge is -2.28. The molecule has 0 radical (unpaired) electrons. The smallest absolute Gasteiger partial charge is 0.306 e. The van der Waals surface area contributed by atoms with Crippen LogP contribution in [0.4, 0.5) is 0 Å². The van der Waals surface area contributed by atoms with Crippen molar-refractivity contribution in [2.45, 2.75) is 123 Å². The number of aromatic nitrogens is 1. The van der Waals surface area contributed by atoms with Crippen molar-refractivity contribution in [3.8, 4) is 0 Å². The number of halogens is 1. The molecule has 0 bridgehead atoms. The number of nitrogens with zero attached hydrogens (tertiary/aromatic N) is 1. The van der Waals surface area contributed by atoms with Gasteiger partial charge in [0.2, 0.25) is 0 Å². The lowest BCUT2D eigenvalue weighted by molar-refractivity contribution is -0.155. The summed E-state index contributed by atoms with van der Waals surface area (Å²) >= 11 is 2.39. The summed E-state index contributed by atoms with van der Waals surface area (Å²) in [6.45, 7) is 14.1. The van der Waals surface area contributed by atoms with Crippen LogP contribution in [0.15, 0.2) is 4.52 Å². The van der Waals surface area contributed by atoms with Gasteiger partial charge < -0.3 is 14.0 Å². The maximum Gasteiger partial charge on any atom is 0.306 e. The summed E-state index contributed by atoms with van der Waals surface area (Å²) in [7, 11) is 0. The number of carbonyl (C=O) groups excluding carboxylic acids is 1. The van der Waals surface area contributed by atoms with Gasteiger partial charge in [-0.25, -0.2) is 0 Å². The molecule has 0 aromatic carbocycles. The van der Waals surface area contributed by atoms with Crippen molar-refractivity contribution in [3.05, 3.63) is 15.0 Å². The number of hydrogen-bond acceptors (Lipinski definition) is 5. The molecule has 1 aromatic heterocycles. The van der Waals surface area contributed by atoms with Crippen LogP contribution < -0.4 is 0 Å². The largest absolute Gasteiger partial charge is 0.460 e. The van der Waals surface area contributed by atoms with Gasteiger partial charge in [-0.2, -0.15) is 0 Å². The number of ether oxygens (including phenoxy) is 2. The van der Waals surface area contributed by atoms with Gasteiger partial charge in [-0.05, 0) is 107 Å². The Balaban J connectivity index is 2.04. The zero-order valence-electron chi connectivity index (χ0n) is 21.8. The monoisotopic (exact) mass is 575 g/mol. The molecule has 1 aliphatic carbocycles. The van der Waals surface area contributed by atoms with Gasteiger partial charge in [0.05, 0.1) is 9.99 Å². The van der Waals surface area contributed by atoms with E-state index < -0.39 is 5.60 Å². The van der Waals surface area contributed by atoms with Crippen LogP contribution in [0.1, 0.15) is 129 Å². The van der Waals surface area contributed by atoms with Gasteiger partial charge in [0.1, 0.15) is 11.3 Å². The summed E-state index contributed by atoms with van der Waals surface area (Å²) in [5.41, 5.74) is 0.441. The minimum atomic E-state index is -0.484. The van der Waals surface area contributed by atoms with Crippen LogP contribution in [0, 0.1) is 15.4 Å². The molecular weight excluding hydrogens is 529 g/mol. The Labute approximate surface area is 215 Å². The molecule has 33 heavy (non-hydrogen) atoms. The van der Waals surface area contributed by atoms with Crippen LogP contribution >= 0.6 is 22.6 Å². The molecule has 5 nitrogen and oxygen atoms in total. The van der Waals surface area contributed by atoms with E-state index in [0.29, 0.717) is 18.9 Å². The summed E-state index contributed by atoms with van der Waals surface area (Å²) in [5, 5.41) is 4.51. The zero-order valence-corrected chi connectivity index (χ0v) is 23.9. The third-order valence-electron chi connectivity index (χ3n) is 6.41. The molecule has 1 heterocycles. The molecule has 1 atom stereocenters. The van der Waals surface area contributed by atoms with Crippen molar-refractivity contribution in [1.29, 1.82) is 0 Å². The fourth-order valence-corrected chi connectivity index (χ4v) is 5.92. The van der Waals surface area contributed by atoms with E-state index in [1.54, 1.807) is 0 Å². The molecule has 1 fully saturated rings. The van der Waals surface area contributed by atoms with E-state index in [0.717, 1.165) is 59.2 Å². The second-order valence-electron chi connectivity index (χ2n) is 11.2. The summed E-state index contributed by atoms with van der Waals surface area (Å²) in [6, 6.07) is 0. The molecule has 1 aromatic rings. The second-order valence-corrected chi connectivity index (χ2v) is 12.3. The lowest BCUT2D eigenvalue weighted by Crippen LogP contribution is -2.25. The highest BCUT2D eigenvalue weighted by atomic mass is 127. The number of unbranched alkanes of at least 4 members (excludes halogenated alkanes) is 1. The Morgan fingerprint density at radius 3 is 2.42 bits per heavy atom. The van der Waals surface area contributed by atoms with E-state index in [1.807, 2.05) is 20.8 Å². The topological polar surface area (TPSA) is 61.6 Å². The average molecular weight is 576 g/mol. The Kier molecular flexibility index (Phi) is 12.2. The van der Waals surface area contributed by atoms with E-state index in [9.17, 15) is 4.79 Å². The van der Waals surface area contributed by atoms with E-state index in [-0.39, 0.29) is 11.9 Å². The van der Waals surface area contributed by atoms with Crippen LogP contribution in [0.2, 0.25) is 0 Å². The summed E-state index contributed by atoms with van der Waals surface area (Å²) in [4.78, 5) is 12.6. The lowest BCUT2D eigenvalue weighted by atomic mass is 9.77. The Morgan fingerprint density at radius 1 is 1.15 bits per heavy atom. The third-order valence-corrected chi connectivity index (χ3v) is 7.49. The first kappa shape index (κ1) is 28.6. The minimum Gasteiger partial charge on any atom is -0.460 e. The predicted molar refractivity (Wildman–Crippen MR) is 142 cm³/mol. The molecule has 1 saturated carbocycles. The molecule has 2 rings (SSSR count). The molecule has 190 valence electrons. The summed E-state index contributed by atoms with van der Waals surface area (Å²) < 4.78 is 18.4. The van der Waals surface area contributed by atoms with E-state index in [2.05, 4.69) is 48.5 Å². The second kappa shape index (κ2) is 14.1. The predicted octanol–water partition coefficient (Wildman–Crippen LogP) is 8.01. The van der Waals surface area contributed by atoms with Crippen molar-refractivity contribution < 1.29 is 18.8 Å². The molecule has 0 N–H and O–H groups in total. The summed E-state index contributed by atoms with van der Waals surface area (Å²) in [6.07, 6.45) is 10.5. The molecule has 1 aliphatic rings. The zero-order chi connectivity index (χ0) is 24.4. The van der Waals surface area contributed by atoms with E-state index in [4.69, 9.17) is 14.0 Å². The maximum atomic E-state index is 12.6. The maximum absolute atomic E-state index is 12.6. The molecule has 6 heteroatoms. The van der Waals surface area contributed by atoms with Gasteiger partial charge in [-0.15, -0.1) is 0 Å². The molecule has 0 spiro atoms. The first-order chi connectivity index (χ1) is 15.6. The first-order valence-corrected chi connectivity index (χ1v) is 14.1. The van der Waals surface area contributed by atoms with Crippen LogP contribution in [0.3, 0.4) is 0 Å². The Bertz CT molecular complexity index is 701. The van der Waals surface area contributed by atoms with Gasteiger partial charge >= 0.3 is 5.97 Å². The molecular formula is C27H46INO4.